The Labute approximate surface area is 464 Å². The molecule has 4 nitrogen and oxygen atoms in total. The van der Waals surface area contributed by atoms with Crippen LogP contribution < -0.4 is 4.90 Å². The van der Waals surface area contributed by atoms with Crippen molar-refractivity contribution in [3.63, 3.8) is 0 Å². The number of aliphatic carboxylic acids is 1. The maximum Gasteiger partial charge on any atom is 0.346 e. The van der Waals surface area contributed by atoms with E-state index >= 15 is 0 Å². The van der Waals surface area contributed by atoms with E-state index in [4.69, 9.17) is 0 Å². The molecule has 0 bridgehead atoms. The van der Waals surface area contributed by atoms with Gasteiger partial charge in [0.15, 0.2) is 7.28 Å². The molecule has 384 valence electrons. The monoisotopic (exact) mass is 1050 g/mol. The van der Waals surface area contributed by atoms with Crippen molar-refractivity contribution >= 4 is 90.7 Å². The number of unbranched alkanes of at least 4 members (excludes halogenated alkanes) is 6. The van der Waals surface area contributed by atoms with E-state index in [1.807, 2.05) is 23.5 Å². The maximum absolute atomic E-state index is 11.6. The highest BCUT2D eigenvalue weighted by atomic mass is 32.1. The van der Waals surface area contributed by atoms with Gasteiger partial charge in [0.05, 0.1) is 0 Å². The number of aryl methyl sites for hydroxylation is 1. The van der Waals surface area contributed by atoms with E-state index in [1.165, 1.54) is 139 Å². The number of thiophene rings is 3. The standard InChI is InChI=1S/C68H69BN2O2S3/c1-8-11-13-15-21-46-38-59(65-47(22-16-14-12-9-2)39-60(76-65)63-42-62-61(75-63)41-52(74-62)37-48(43-70)66(72)73)69-64(46)45-29-33-50(34-30-45)71(51-35-36-55-54-24-18-20-26-57(54)68(6,7)58(55)40-51)49-31-27-44(28-32-49)53-23-17-19-25-56(53)67(4,5)10-3/h17-20,23-42,69H,8-16,21-22H2,1-7H3,(H,72,73)/b48-37+. The Kier molecular flexibility index (Phi) is 15.7. The molecular weight excluding hydrogens is 984 g/mol. The van der Waals surface area contributed by atoms with Gasteiger partial charge in [0, 0.05) is 51.4 Å². The van der Waals surface area contributed by atoms with E-state index in [0.717, 1.165) is 57.9 Å². The minimum absolute atomic E-state index is 0.0616. The summed E-state index contributed by atoms with van der Waals surface area (Å²) in [6, 6.07) is 52.2. The quantitative estimate of drug-likeness (QED) is 0.0337. The molecule has 0 radical (unpaired) electrons. The lowest BCUT2D eigenvalue weighted by atomic mass is 9.62. The first-order chi connectivity index (χ1) is 36.8. The second-order valence-electron chi connectivity index (χ2n) is 22.0. The van der Waals surface area contributed by atoms with E-state index in [0.29, 0.717) is 0 Å². The number of hydrogen-bond donors (Lipinski definition) is 1. The number of allylic oxidation sites excluding steroid dienone is 2. The number of nitrogens with zero attached hydrogens (tertiary/aromatic N) is 2. The Morgan fingerprint density at radius 2 is 1.29 bits per heavy atom. The largest absolute Gasteiger partial charge is 0.477 e. The topological polar surface area (TPSA) is 64.3 Å². The zero-order chi connectivity index (χ0) is 53.1. The van der Waals surface area contributed by atoms with Gasteiger partial charge in [-0.05, 0) is 148 Å². The molecule has 1 aliphatic heterocycles. The molecule has 0 spiro atoms. The normalized spacial score (nSPS) is 13.9. The second kappa shape index (κ2) is 22.6. The molecule has 0 saturated heterocycles. The molecule has 5 aromatic carbocycles. The van der Waals surface area contributed by atoms with Gasteiger partial charge in [0.1, 0.15) is 11.6 Å². The van der Waals surface area contributed by atoms with Crippen LogP contribution >= 0.6 is 34.0 Å². The number of hydrogen-bond acceptors (Lipinski definition) is 6. The van der Waals surface area contributed by atoms with Crippen LogP contribution in [0.4, 0.5) is 17.1 Å². The van der Waals surface area contributed by atoms with Crippen LogP contribution in [0.1, 0.15) is 150 Å². The summed E-state index contributed by atoms with van der Waals surface area (Å²) in [6.45, 7) is 16.3. The van der Waals surface area contributed by atoms with Crippen LogP contribution in [0.15, 0.2) is 151 Å². The molecule has 0 atom stereocenters. The molecule has 0 saturated carbocycles. The van der Waals surface area contributed by atoms with Crippen LogP contribution in [0.25, 0.3) is 58.4 Å². The van der Waals surface area contributed by atoms with Crippen molar-refractivity contribution in [2.45, 2.75) is 130 Å². The predicted molar refractivity (Wildman–Crippen MR) is 330 cm³/mol. The molecule has 4 heterocycles. The lowest BCUT2D eigenvalue weighted by Crippen LogP contribution is -2.17. The second-order valence-corrected chi connectivity index (χ2v) is 25.3. The van der Waals surface area contributed by atoms with Crippen LogP contribution in [0.5, 0.6) is 0 Å². The fourth-order valence-electron chi connectivity index (χ4n) is 11.5. The van der Waals surface area contributed by atoms with Crippen molar-refractivity contribution in [1.82, 2.24) is 0 Å². The van der Waals surface area contributed by atoms with Crippen LogP contribution in [0.2, 0.25) is 0 Å². The van der Waals surface area contributed by atoms with Gasteiger partial charge in [-0.3, -0.25) is 0 Å². The summed E-state index contributed by atoms with van der Waals surface area (Å²) in [5.41, 5.74) is 19.5. The average Bonchev–Trinajstić information content (AvgIpc) is 4.29. The van der Waals surface area contributed by atoms with E-state index in [1.54, 1.807) is 22.7 Å². The Morgan fingerprint density at radius 3 is 1.96 bits per heavy atom. The highest BCUT2D eigenvalue weighted by Crippen LogP contribution is 2.51. The fraction of sp³-hybridized carbons (Fsp3) is 0.294. The SMILES string of the molecule is CCCCCCC1=C(c2ccc(N(c3ccc(-c4ccccc4C(C)(C)CC)cc3)c3ccc4c(c3)C(C)(C)c3ccccc3-4)cc2)BC(c2sc(-c3cc4sc(/C=C(\C#N)C(=O)O)cc4s3)cc2CCCCCC)=C1. The number of benzene rings is 5. The van der Waals surface area contributed by atoms with Crippen LogP contribution in [-0.2, 0) is 22.0 Å². The number of fused-ring (bicyclic) bond motifs is 4. The summed E-state index contributed by atoms with van der Waals surface area (Å²) in [5, 5.41) is 18.8. The lowest BCUT2D eigenvalue weighted by molar-refractivity contribution is -0.132. The molecule has 0 amide bonds. The molecule has 1 aliphatic carbocycles. The third kappa shape index (κ3) is 10.6. The molecule has 0 unspecified atom stereocenters. The number of carboxylic acid groups (broad SMARTS) is 1. The Balaban J connectivity index is 1.00. The summed E-state index contributed by atoms with van der Waals surface area (Å²) < 4.78 is 2.24. The van der Waals surface area contributed by atoms with Gasteiger partial charge >= 0.3 is 5.97 Å². The average molecular weight is 1050 g/mol. The Hall–Kier alpha value is -6.50. The molecule has 3 aromatic heterocycles. The van der Waals surface area contributed by atoms with Crippen molar-refractivity contribution in [3.8, 4) is 38.1 Å². The van der Waals surface area contributed by atoms with Gasteiger partial charge in [-0.1, -0.05) is 188 Å². The molecule has 0 fully saturated rings. The number of carbonyl (C=O) groups is 1. The Morgan fingerprint density at radius 1 is 0.671 bits per heavy atom. The minimum Gasteiger partial charge on any atom is -0.477 e. The van der Waals surface area contributed by atoms with Crippen LogP contribution in [0, 0.1) is 11.3 Å². The highest BCUT2D eigenvalue weighted by molar-refractivity contribution is 7.31. The molecule has 8 aromatic rings. The molecule has 10 rings (SSSR count). The first-order valence-electron chi connectivity index (χ1n) is 27.6. The number of carboxylic acids is 1. The summed E-state index contributed by atoms with van der Waals surface area (Å²) in [6.07, 6.45) is 17.0. The zero-order valence-corrected chi connectivity index (χ0v) is 47.8. The molecule has 8 heteroatoms. The van der Waals surface area contributed by atoms with Gasteiger partial charge in [-0.15, -0.1) is 34.0 Å². The van der Waals surface area contributed by atoms with E-state index < -0.39 is 5.97 Å². The molecule has 2 aliphatic rings. The van der Waals surface area contributed by atoms with Crippen molar-refractivity contribution < 1.29 is 9.90 Å². The van der Waals surface area contributed by atoms with Gasteiger partial charge in [-0.2, -0.15) is 5.26 Å². The third-order valence-electron chi connectivity index (χ3n) is 16.2. The van der Waals surface area contributed by atoms with E-state index in [2.05, 4.69) is 187 Å². The first-order valence-corrected chi connectivity index (χ1v) is 30.1. The molecular formula is C68H69BN2O2S3. The minimum atomic E-state index is -1.20. The Bertz CT molecular complexity index is 3540. The number of anilines is 3. The summed E-state index contributed by atoms with van der Waals surface area (Å²) in [4.78, 5) is 18.8. The van der Waals surface area contributed by atoms with Crippen molar-refractivity contribution in [3.05, 3.63) is 188 Å². The summed E-state index contributed by atoms with van der Waals surface area (Å²) >= 11 is 5.24. The first kappa shape index (κ1) is 52.9. The van der Waals surface area contributed by atoms with Crippen LogP contribution in [-0.4, -0.2) is 18.4 Å². The van der Waals surface area contributed by atoms with E-state index in [-0.39, 0.29) is 16.4 Å². The third-order valence-corrected chi connectivity index (χ3v) is 19.9. The van der Waals surface area contributed by atoms with Crippen molar-refractivity contribution in [2.24, 2.45) is 0 Å². The zero-order valence-electron chi connectivity index (χ0n) is 45.3. The van der Waals surface area contributed by atoms with Gasteiger partial charge in [-0.25, -0.2) is 4.79 Å². The van der Waals surface area contributed by atoms with Crippen molar-refractivity contribution in [1.29, 1.82) is 5.26 Å². The van der Waals surface area contributed by atoms with E-state index in [9.17, 15) is 15.2 Å². The summed E-state index contributed by atoms with van der Waals surface area (Å²) in [5.74, 6) is -1.20. The highest BCUT2D eigenvalue weighted by Gasteiger charge is 2.36. The predicted octanol–water partition coefficient (Wildman–Crippen LogP) is 20.1. The molecule has 1 N–H and O–H groups in total. The van der Waals surface area contributed by atoms with Gasteiger partial charge in [0.25, 0.3) is 0 Å². The van der Waals surface area contributed by atoms with Crippen molar-refractivity contribution in [2.75, 3.05) is 4.90 Å². The van der Waals surface area contributed by atoms with Gasteiger partial charge in [0.2, 0.25) is 0 Å². The maximum atomic E-state index is 11.6. The number of nitriles is 1. The fourth-order valence-corrected chi connectivity index (χ4v) is 15.2. The smallest absolute Gasteiger partial charge is 0.346 e. The van der Waals surface area contributed by atoms with Crippen LogP contribution in [0.3, 0.4) is 0 Å². The lowest BCUT2D eigenvalue weighted by Gasteiger charge is -2.29. The number of rotatable bonds is 21. The summed E-state index contributed by atoms with van der Waals surface area (Å²) in [7, 11) is 0.909. The molecule has 76 heavy (non-hydrogen) atoms. The van der Waals surface area contributed by atoms with Gasteiger partial charge < -0.3 is 10.0 Å².